The van der Waals surface area contributed by atoms with Crippen LogP contribution in [-0.4, -0.2) is 10.9 Å². The van der Waals surface area contributed by atoms with Crippen LogP contribution in [0.5, 0.6) is 0 Å². The minimum atomic E-state index is 0.00129. The zero-order valence-electron chi connectivity index (χ0n) is 10.2. The smallest absolute Gasteiger partial charge is 0.224 e. The van der Waals surface area contributed by atoms with Gasteiger partial charge >= 0.3 is 0 Å². The number of nitrogens with two attached hydrogens (primary N) is 1. The largest absolute Gasteiger partial charge is 0.384 e. The molecule has 92 valence electrons. The van der Waals surface area contributed by atoms with Crippen molar-refractivity contribution in [2.45, 2.75) is 13.3 Å². The first kappa shape index (κ1) is 12.1. The summed E-state index contributed by atoms with van der Waals surface area (Å²) in [5.74, 6) is 0.483. The van der Waals surface area contributed by atoms with E-state index >= 15 is 0 Å². The molecule has 2 aromatic rings. The van der Waals surface area contributed by atoms with Crippen LogP contribution in [0.1, 0.15) is 13.3 Å². The number of hydrogen-bond acceptors (Lipinski definition) is 3. The van der Waals surface area contributed by atoms with Crippen LogP contribution in [0.3, 0.4) is 0 Å². The minimum Gasteiger partial charge on any atom is -0.384 e. The van der Waals surface area contributed by atoms with Gasteiger partial charge in [-0.1, -0.05) is 19.1 Å². The Hall–Kier alpha value is -2.36. The van der Waals surface area contributed by atoms with Crippen molar-refractivity contribution in [1.82, 2.24) is 4.98 Å². The van der Waals surface area contributed by atoms with E-state index in [0.29, 0.717) is 12.2 Å². The molecule has 0 saturated carbocycles. The third-order valence-electron chi connectivity index (χ3n) is 2.58. The van der Waals surface area contributed by atoms with Crippen molar-refractivity contribution >= 4 is 17.4 Å². The second-order valence-electron chi connectivity index (χ2n) is 3.95. The normalized spacial score (nSPS) is 10.1. The molecule has 0 aliphatic carbocycles. The van der Waals surface area contributed by atoms with Crippen LogP contribution in [0.25, 0.3) is 11.1 Å². The summed E-state index contributed by atoms with van der Waals surface area (Å²) in [6, 6.07) is 11.3. The lowest BCUT2D eigenvalue weighted by Crippen LogP contribution is -2.09. The van der Waals surface area contributed by atoms with Gasteiger partial charge in [0.05, 0.1) is 0 Å². The number of nitrogens with one attached hydrogen (secondary N) is 1. The highest BCUT2D eigenvalue weighted by molar-refractivity contribution is 5.91. The van der Waals surface area contributed by atoms with Gasteiger partial charge in [-0.3, -0.25) is 4.79 Å². The van der Waals surface area contributed by atoms with Gasteiger partial charge in [0, 0.05) is 18.3 Å². The first-order valence-corrected chi connectivity index (χ1v) is 5.81. The molecule has 1 aromatic carbocycles. The Balaban J connectivity index is 2.29. The van der Waals surface area contributed by atoms with Gasteiger partial charge in [-0.05, 0) is 35.4 Å². The van der Waals surface area contributed by atoms with E-state index in [0.717, 1.165) is 16.8 Å². The molecule has 1 aromatic heterocycles. The fourth-order valence-corrected chi connectivity index (χ4v) is 1.65. The standard InChI is InChI=1S/C14H15N3O/c1-2-14(18)17-12-5-3-4-10(8-12)11-6-7-16-13(15)9-11/h3-9H,2H2,1H3,(H2,15,16)(H,17,18). The predicted octanol–water partition coefficient (Wildman–Crippen LogP) is 2.68. The molecule has 0 radical (unpaired) electrons. The van der Waals surface area contributed by atoms with Crippen molar-refractivity contribution in [3.8, 4) is 11.1 Å². The number of amides is 1. The van der Waals surface area contributed by atoms with E-state index in [1.165, 1.54) is 0 Å². The van der Waals surface area contributed by atoms with E-state index in [1.54, 1.807) is 12.3 Å². The van der Waals surface area contributed by atoms with Gasteiger partial charge in [0.2, 0.25) is 5.91 Å². The van der Waals surface area contributed by atoms with Gasteiger partial charge in [0.15, 0.2) is 0 Å². The van der Waals surface area contributed by atoms with Crippen molar-refractivity contribution < 1.29 is 4.79 Å². The Morgan fingerprint density at radius 1 is 1.28 bits per heavy atom. The third-order valence-corrected chi connectivity index (χ3v) is 2.58. The second-order valence-corrected chi connectivity index (χ2v) is 3.95. The van der Waals surface area contributed by atoms with Crippen molar-refractivity contribution in [3.05, 3.63) is 42.6 Å². The monoisotopic (exact) mass is 241 g/mol. The molecular weight excluding hydrogens is 226 g/mol. The number of anilines is 2. The summed E-state index contributed by atoms with van der Waals surface area (Å²) in [7, 11) is 0. The second kappa shape index (κ2) is 5.31. The van der Waals surface area contributed by atoms with E-state index in [9.17, 15) is 4.79 Å². The van der Waals surface area contributed by atoms with E-state index in [1.807, 2.05) is 37.3 Å². The topological polar surface area (TPSA) is 68.0 Å². The Bertz CT molecular complexity index is 566. The fraction of sp³-hybridized carbons (Fsp3) is 0.143. The third kappa shape index (κ3) is 2.85. The molecule has 0 atom stereocenters. The molecule has 0 bridgehead atoms. The molecule has 1 amide bonds. The van der Waals surface area contributed by atoms with Crippen LogP contribution < -0.4 is 11.1 Å². The lowest BCUT2D eigenvalue weighted by atomic mass is 10.1. The molecule has 0 unspecified atom stereocenters. The van der Waals surface area contributed by atoms with Gasteiger partial charge in [0.1, 0.15) is 5.82 Å². The van der Waals surface area contributed by atoms with Gasteiger partial charge in [0.25, 0.3) is 0 Å². The molecule has 0 aliphatic heterocycles. The lowest BCUT2D eigenvalue weighted by Gasteiger charge is -2.07. The Kier molecular flexibility index (Phi) is 3.57. The maximum Gasteiger partial charge on any atom is 0.224 e. The number of aromatic nitrogens is 1. The Morgan fingerprint density at radius 2 is 2.06 bits per heavy atom. The van der Waals surface area contributed by atoms with Crippen LogP contribution in [0, 0.1) is 0 Å². The zero-order chi connectivity index (χ0) is 13.0. The first-order chi connectivity index (χ1) is 8.69. The van der Waals surface area contributed by atoms with Crippen LogP contribution >= 0.6 is 0 Å². The average molecular weight is 241 g/mol. The summed E-state index contributed by atoms with van der Waals surface area (Å²) in [4.78, 5) is 15.3. The number of benzene rings is 1. The summed E-state index contributed by atoms with van der Waals surface area (Å²) in [6.07, 6.45) is 2.13. The number of nitrogens with zero attached hydrogens (tertiary/aromatic N) is 1. The maximum atomic E-state index is 11.3. The van der Waals surface area contributed by atoms with E-state index in [4.69, 9.17) is 5.73 Å². The number of rotatable bonds is 3. The molecule has 0 saturated heterocycles. The van der Waals surface area contributed by atoms with Crippen molar-refractivity contribution in [2.24, 2.45) is 0 Å². The number of nitrogen functional groups attached to an aromatic ring is 1. The Labute approximate surface area is 106 Å². The highest BCUT2D eigenvalue weighted by atomic mass is 16.1. The van der Waals surface area contributed by atoms with Crippen LogP contribution in [0.15, 0.2) is 42.6 Å². The van der Waals surface area contributed by atoms with Gasteiger partial charge < -0.3 is 11.1 Å². The van der Waals surface area contributed by atoms with Crippen molar-refractivity contribution in [2.75, 3.05) is 11.1 Å². The molecule has 2 rings (SSSR count). The summed E-state index contributed by atoms with van der Waals surface area (Å²) in [5, 5.41) is 2.83. The molecule has 0 fully saturated rings. The zero-order valence-corrected chi connectivity index (χ0v) is 10.2. The first-order valence-electron chi connectivity index (χ1n) is 5.81. The van der Waals surface area contributed by atoms with Gasteiger partial charge in [-0.25, -0.2) is 4.98 Å². The molecule has 4 heteroatoms. The highest BCUT2D eigenvalue weighted by Gasteiger charge is 2.02. The number of carbonyl (C=O) groups excluding carboxylic acids is 1. The molecular formula is C14H15N3O. The van der Waals surface area contributed by atoms with Gasteiger partial charge in [-0.2, -0.15) is 0 Å². The SMILES string of the molecule is CCC(=O)Nc1cccc(-c2ccnc(N)c2)c1. The molecule has 1 heterocycles. The van der Waals surface area contributed by atoms with E-state index < -0.39 is 0 Å². The highest BCUT2D eigenvalue weighted by Crippen LogP contribution is 2.23. The summed E-state index contributed by atoms with van der Waals surface area (Å²) < 4.78 is 0. The summed E-state index contributed by atoms with van der Waals surface area (Å²) in [6.45, 7) is 1.82. The fourth-order valence-electron chi connectivity index (χ4n) is 1.65. The molecule has 18 heavy (non-hydrogen) atoms. The van der Waals surface area contributed by atoms with Crippen LogP contribution in [0.2, 0.25) is 0 Å². The van der Waals surface area contributed by atoms with Crippen LogP contribution in [-0.2, 0) is 4.79 Å². The maximum absolute atomic E-state index is 11.3. The quantitative estimate of drug-likeness (QED) is 0.868. The van der Waals surface area contributed by atoms with E-state index in [-0.39, 0.29) is 5.91 Å². The number of hydrogen-bond donors (Lipinski definition) is 2. The molecule has 0 spiro atoms. The summed E-state index contributed by atoms with van der Waals surface area (Å²) >= 11 is 0. The van der Waals surface area contributed by atoms with E-state index in [2.05, 4.69) is 10.3 Å². The molecule has 4 nitrogen and oxygen atoms in total. The Morgan fingerprint density at radius 3 is 2.78 bits per heavy atom. The average Bonchev–Trinajstić information content (AvgIpc) is 2.39. The summed E-state index contributed by atoms with van der Waals surface area (Å²) in [5.41, 5.74) is 8.42. The number of pyridine rings is 1. The van der Waals surface area contributed by atoms with Gasteiger partial charge in [-0.15, -0.1) is 0 Å². The lowest BCUT2D eigenvalue weighted by molar-refractivity contribution is -0.115. The molecule has 0 aliphatic rings. The molecule has 3 N–H and O–H groups in total. The van der Waals surface area contributed by atoms with Crippen molar-refractivity contribution in [1.29, 1.82) is 0 Å². The number of carbonyl (C=O) groups is 1. The predicted molar refractivity (Wildman–Crippen MR) is 73.0 cm³/mol. The van der Waals surface area contributed by atoms with Crippen molar-refractivity contribution in [3.63, 3.8) is 0 Å². The minimum absolute atomic E-state index is 0.00129. The van der Waals surface area contributed by atoms with Crippen LogP contribution in [0.4, 0.5) is 11.5 Å².